The largest absolute Gasteiger partial charge is 0.419 e. The van der Waals surface area contributed by atoms with Gasteiger partial charge in [-0.25, -0.2) is 0 Å². The van der Waals surface area contributed by atoms with E-state index >= 15 is 0 Å². The van der Waals surface area contributed by atoms with E-state index in [0.29, 0.717) is 24.4 Å². The van der Waals surface area contributed by atoms with Gasteiger partial charge in [0.2, 0.25) is 11.8 Å². The van der Waals surface area contributed by atoms with Gasteiger partial charge in [0.05, 0.1) is 25.8 Å². The molecule has 1 aromatic carbocycles. The van der Waals surface area contributed by atoms with E-state index in [-0.39, 0.29) is 0 Å². The summed E-state index contributed by atoms with van der Waals surface area (Å²) >= 11 is 0. The molecule has 2 aromatic rings. The number of hydrogen-bond donors (Lipinski definition) is 1. The third kappa shape index (κ3) is 2.35. The smallest absolute Gasteiger partial charge is 0.247 e. The molecule has 5 nitrogen and oxygen atoms in total. The minimum absolute atomic E-state index is 0.419. The third-order valence-electron chi connectivity index (χ3n) is 2.67. The first-order valence-corrected chi connectivity index (χ1v) is 5.61. The van der Waals surface area contributed by atoms with E-state index in [4.69, 9.17) is 9.15 Å². The summed E-state index contributed by atoms with van der Waals surface area (Å²) in [6, 6.07) is 10.2. The van der Waals surface area contributed by atoms with Crippen LogP contribution in [0.15, 0.2) is 34.7 Å². The maximum atomic E-state index is 5.56. The van der Waals surface area contributed by atoms with Gasteiger partial charge in [-0.3, -0.25) is 0 Å². The molecule has 0 atom stereocenters. The van der Waals surface area contributed by atoms with Crippen LogP contribution in [0, 0.1) is 0 Å². The molecule has 5 heteroatoms. The molecule has 88 valence electrons. The SMILES string of the molecule is c1ccc(-c2nnc(CNC3COC3)o2)cc1. The highest BCUT2D eigenvalue weighted by Gasteiger charge is 2.18. The van der Waals surface area contributed by atoms with E-state index in [0.717, 1.165) is 18.8 Å². The van der Waals surface area contributed by atoms with Gasteiger partial charge in [0.15, 0.2) is 0 Å². The number of benzene rings is 1. The minimum atomic E-state index is 0.419. The van der Waals surface area contributed by atoms with Crippen molar-refractivity contribution in [2.75, 3.05) is 13.2 Å². The topological polar surface area (TPSA) is 60.2 Å². The zero-order valence-electron chi connectivity index (χ0n) is 9.30. The lowest BCUT2D eigenvalue weighted by Gasteiger charge is -2.26. The van der Waals surface area contributed by atoms with Crippen molar-refractivity contribution in [3.8, 4) is 11.5 Å². The van der Waals surface area contributed by atoms with Gasteiger partial charge in [-0.2, -0.15) is 0 Å². The lowest BCUT2D eigenvalue weighted by Crippen LogP contribution is -2.45. The van der Waals surface area contributed by atoms with Crippen LogP contribution in [0.5, 0.6) is 0 Å². The summed E-state index contributed by atoms with van der Waals surface area (Å²) in [5.41, 5.74) is 0.943. The van der Waals surface area contributed by atoms with E-state index in [2.05, 4.69) is 15.5 Å². The summed E-state index contributed by atoms with van der Waals surface area (Å²) in [6.45, 7) is 2.12. The molecular weight excluding hydrogens is 218 g/mol. The lowest BCUT2D eigenvalue weighted by molar-refractivity contribution is -0.00658. The first-order valence-electron chi connectivity index (χ1n) is 5.61. The molecule has 3 rings (SSSR count). The minimum Gasteiger partial charge on any atom is -0.419 e. The Kier molecular flexibility index (Phi) is 2.85. The zero-order chi connectivity index (χ0) is 11.5. The van der Waals surface area contributed by atoms with E-state index in [9.17, 15) is 0 Å². The molecule has 1 fully saturated rings. The van der Waals surface area contributed by atoms with Crippen LogP contribution in [0.1, 0.15) is 5.89 Å². The van der Waals surface area contributed by atoms with Gasteiger partial charge in [0.1, 0.15) is 0 Å². The Labute approximate surface area is 98.8 Å². The zero-order valence-corrected chi connectivity index (χ0v) is 9.30. The highest BCUT2D eigenvalue weighted by molar-refractivity contribution is 5.51. The number of aromatic nitrogens is 2. The second kappa shape index (κ2) is 4.65. The van der Waals surface area contributed by atoms with Gasteiger partial charge in [-0.1, -0.05) is 18.2 Å². The number of ether oxygens (including phenoxy) is 1. The number of nitrogens with one attached hydrogen (secondary N) is 1. The molecule has 17 heavy (non-hydrogen) atoms. The highest BCUT2D eigenvalue weighted by atomic mass is 16.5. The molecule has 1 aliphatic heterocycles. The van der Waals surface area contributed by atoms with Crippen molar-refractivity contribution in [2.24, 2.45) is 0 Å². The van der Waals surface area contributed by atoms with Crippen LogP contribution < -0.4 is 5.32 Å². The molecule has 0 unspecified atom stereocenters. The molecule has 1 N–H and O–H groups in total. The molecule has 0 amide bonds. The molecule has 1 saturated heterocycles. The predicted molar refractivity (Wildman–Crippen MR) is 61.2 cm³/mol. The lowest BCUT2D eigenvalue weighted by atomic mass is 10.2. The van der Waals surface area contributed by atoms with Crippen molar-refractivity contribution in [1.29, 1.82) is 0 Å². The van der Waals surface area contributed by atoms with Crippen molar-refractivity contribution >= 4 is 0 Å². The van der Waals surface area contributed by atoms with E-state index in [1.165, 1.54) is 0 Å². The number of rotatable bonds is 4. The fourth-order valence-electron chi connectivity index (χ4n) is 1.61. The molecule has 0 saturated carbocycles. The average molecular weight is 231 g/mol. The third-order valence-corrected chi connectivity index (χ3v) is 2.67. The Bertz CT molecular complexity index is 480. The van der Waals surface area contributed by atoms with Gasteiger partial charge in [-0.15, -0.1) is 10.2 Å². The summed E-state index contributed by atoms with van der Waals surface area (Å²) in [6.07, 6.45) is 0. The Morgan fingerprint density at radius 1 is 1.18 bits per heavy atom. The summed E-state index contributed by atoms with van der Waals surface area (Å²) in [7, 11) is 0. The van der Waals surface area contributed by atoms with E-state index in [1.54, 1.807) is 0 Å². The van der Waals surface area contributed by atoms with Crippen LogP contribution in [0.2, 0.25) is 0 Å². The van der Waals surface area contributed by atoms with Crippen molar-refractivity contribution in [3.63, 3.8) is 0 Å². The number of hydrogen-bond acceptors (Lipinski definition) is 5. The molecule has 1 aliphatic rings. The van der Waals surface area contributed by atoms with Crippen LogP contribution in [0.4, 0.5) is 0 Å². The Balaban J connectivity index is 1.65. The van der Waals surface area contributed by atoms with Gasteiger partial charge < -0.3 is 14.5 Å². The Morgan fingerprint density at radius 3 is 2.71 bits per heavy atom. The summed E-state index contributed by atoms with van der Waals surface area (Å²) < 4.78 is 10.6. The van der Waals surface area contributed by atoms with Gasteiger partial charge in [0, 0.05) is 5.56 Å². The number of nitrogens with zero attached hydrogens (tertiary/aromatic N) is 2. The fourth-order valence-corrected chi connectivity index (χ4v) is 1.61. The second-order valence-corrected chi connectivity index (χ2v) is 3.98. The summed E-state index contributed by atoms with van der Waals surface area (Å²) in [5, 5.41) is 11.3. The maximum Gasteiger partial charge on any atom is 0.247 e. The predicted octanol–water partition coefficient (Wildman–Crippen LogP) is 1.22. The second-order valence-electron chi connectivity index (χ2n) is 3.98. The summed E-state index contributed by atoms with van der Waals surface area (Å²) in [4.78, 5) is 0. The van der Waals surface area contributed by atoms with Crippen LogP contribution in [0.3, 0.4) is 0 Å². The van der Waals surface area contributed by atoms with E-state index < -0.39 is 0 Å². The van der Waals surface area contributed by atoms with E-state index in [1.807, 2.05) is 30.3 Å². The van der Waals surface area contributed by atoms with Crippen LogP contribution in [-0.2, 0) is 11.3 Å². The maximum absolute atomic E-state index is 5.56. The van der Waals surface area contributed by atoms with Crippen LogP contribution >= 0.6 is 0 Å². The van der Waals surface area contributed by atoms with Crippen molar-refractivity contribution in [1.82, 2.24) is 15.5 Å². The van der Waals surface area contributed by atoms with Gasteiger partial charge in [-0.05, 0) is 12.1 Å². The standard InChI is InChI=1S/C12H13N3O2/c1-2-4-9(5-3-1)12-15-14-11(17-12)6-13-10-7-16-8-10/h1-5,10,13H,6-8H2. The van der Waals surface area contributed by atoms with Crippen molar-refractivity contribution < 1.29 is 9.15 Å². The van der Waals surface area contributed by atoms with Gasteiger partial charge in [0.25, 0.3) is 0 Å². The van der Waals surface area contributed by atoms with Crippen molar-refractivity contribution in [2.45, 2.75) is 12.6 Å². The molecule has 0 spiro atoms. The van der Waals surface area contributed by atoms with Crippen LogP contribution in [0.25, 0.3) is 11.5 Å². The summed E-state index contributed by atoms with van der Waals surface area (Å²) in [5.74, 6) is 1.17. The average Bonchev–Trinajstić information content (AvgIpc) is 2.77. The first kappa shape index (κ1) is 10.4. The monoisotopic (exact) mass is 231 g/mol. The molecule has 0 radical (unpaired) electrons. The van der Waals surface area contributed by atoms with Crippen molar-refractivity contribution in [3.05, 3.63) is 36.2 Å². The van der Waals surface area contributed by atoms with Gasteiger partial charge >= 0.3 is 0 Å². The highest BCUT2D eigenvalue weighted by Crippen LogP contribution is 2.16. The molecular formula is C12H13N3O2. The Morgan fingerprint density at radius 2 is 2.00 bits per heavy atom. The first-order chi connectivity index (χ1) is 8.42. The molecule has 0 bridgehead atoms. The molecule has 2 heterocycles. The fraction of sp³-hybridized carbons (Fsp3) is 0.333. The Hall–Kier alpha value is -1.72. The quantitative estimate of drug-likeness (QED) is 0.857. The van der Waals surface area contributed by atoms with Crippen LogP contribution in [-0.4, -0.2) is 29.5 Å². The molecule has 1 aromatic heterocycles. The normalized spacial score (nSPS) is 15.8. The molecule has 0 aliphatic carbocycles.